The molecule has 0 spiro atoms. The molecule has 0 fully saturated rings. The van der Waals surface area contributed by atoms with Crippen LogP contribution < -0.4 is 5.32 Å². The Morgan fingerprint density at radius 3 is 2.89 bits per heavy atom. The first kappa shape index (κ1) is 13.6. The summed E-state index contributed by atoms with van der Waals surface area (Å²) < 4.78 is 0.948. The fraction of sp³-hybridized carbons (Fsp3) is 0.417. The van der Waals surface area contributed by atoms with Crippen LogP contribution in [0.1, 0.15) is 31.3 Å². The minimum atomic E-state index is 0.281. The first-order valence-electron chi connectivity index (χ1n) is 5.93. The van der Waals surface area contributed by atoms with Gasteiger partial charge in [0, 0.05) is 10.7 Å². The molecule has 2 aromatic heterocycles. The number of rotatable bonds is 5. The van der Waals surface area contributed by atoms with Crippen molar-refractivity contribution in [2.24, 2.45) is 0 Å². The summed E-state index contributed by atoms with van der Waals surface area (Å²) in [6.45, 7) is 5.17. The normalized spacial score (nSPS) is 12.6. The van der Waals surface area contributed by atoms with Gasteiger partial charge in [0.05, 0.1) is 6.04 Å². The van der Waals surface area contributed by atoms with Crippen LogP contribution in [0.3, 0.4) is 0 Å². The maximum atomic E-state index is 4.33. The number of pyridine rings is 1. The van der Waals surface area contributed by atoms with Gasteiger partial charge in [-0.3, -0.25) is 4.98 Å². The van der Waals surface area contributed by atoms with Gasteiger partial charge in [0.25, 0.3) is 0 Å². The van der Waals surface area contributed by atoms with Crippen LogP contribution in [0.2, 0.25) is 0 Å². The number of nitrogens with one attached hydrogen (secondary N) is 1. The Labute approximate surface area is 119 Å². The van der Waals surface area contributed by atoms with Crippen LogP contribution in [0.4, 0.5) is 0 Å². The summed E-state index contributed by atoms with van der Waals surface area (Å²) >= 11 is 5.08. The van der Waals surface area contributed by atoms with Crippen LogP contribution in [0.25, 0.3) is 10.7 Å². The average molecular weight is 327 g/mol. The fourth-order valence-corrected chi connectivity index (χ4v) is 3.25. The Kier molecular flexibility index (Phi) is 4.79. The molecule has 0 radical (unpaired) electrons. The molecule has 1 N–H and O–H groups in total. The lowest BCUT2D eigenvalue weighted by molar-refractivity contribution is 0.531. The van der Waals surface area contributed by atoms with Gasteiger partial charge in [-0.1, -0.05) is 25.2 Å². The highest BCUT2D eigenvalue weighted by Gasteiger charge is 2.16. The smallest absolute Gasteiger partial charge is 0.167 e. The summed E-state index contributed by atoms with van der Waals surface area (Å²) in [7, 11) is 0. The van der Waals surface area contributed by atoms with Crippen molar-refractivity contribution in [1.29, 1.82) is 0 Å². The van der Waals surface area contributed by atoms with Gasteiger partial charge in [0.15, 0.2) is 5.01 Å². The van der Waals surface area contributed by atoms with Gasteiger partial charge >= 0.3 is 0 Å². The van der Waals surface area contributed by atoms with Crippen molar-refractivity contribution in [2.45, 2.75) is 26.3 Å². The van der Waals surface area contributed by atoms with E-state index in [1.165, 1.54) is 0 Å². The molecule has 6 heteroatoms. The monoisotopic (exact) mass is 326 g/mol. The number of nitrogens with zero attached hydrogens (tertiary/aromatic N) is 3. The largest absolute Gasteiger partial charge is 0.308 e. The third-order valence-electron chi connectivity index (χ3n) is 2.56. The van der Waals surface area contributed by atoms with E-state index >= 15 is 0 Å². The second-order valence-electron chi connectivity index (χ2n) is 3.80. The first-order valence-corrected chi connectivity index (χ1v) is 7.54. The zero-order valence-electron chi connectivity index (χ0n) is 10.4. The summed E-state index contributed by atoms with van der Waals surface area (Å²) in [6.07, 6.45) is 2.77. The fourth-order valence-electron chi connectivity index (χ4n) is 1.67. The number of hydrogen-bond donors (Lipinski definition) is 1. The van der Waals surface area contributed by atoms with E-state index in [2.05, 4.69) is 50.3 Å². The van der Waals surface area contributed by atoms with Crippen LogP contribution in [0, 0.1) is 0 Å². The number of hydrogen-bond acceptors (Lipinski definition) is 5. The molecule has 2 aromatic rings. The second kappa shape index (κ2) is 6.36. The molecule has 18 heavy (non-hydrogen) atoms. The van der Waals surface area contributed by atoms with Crippen LogP contribution >= 0.6 is 27.3 Å². The van der Waals surface area contributed by atoms with E-state index in [1.54, 1.807) is 17.5 Å². The molecule has 96 valence electrons. The molecule has 0 saturated heterocycles. The lowest BCUT2D eigenvalue weighted by atomic mass is 10.2. The molecule has 0 saturated carbocycles. The predicted molar refractivity (Wildman–Crippen MR) is 77.5 cm³/mol. The van der Waals surface area contributed by atoms with Crippen LogP contribution in [0.5, 0.6) is 0 Å². The van der Waals surface area contributed by atoms with Crippen molar-refractivity contribution in [3.05, 3.63) is 27.8 Å². The Bertz CT molecular complexity index is 514. The van der Waals surface area contributed by atoms with Gasteiger partial charge in [0.2, 0.25) is 0 Å². The number of aromatic nitrogens is 3. The first-order chi connectivity index (χ1) is 8.76. The third kappa shape index (κ3) is 2.93. The van der Waals surface area contributed by atoms with Gasteiger partial charge in [-0.2, -0.15) is 0 Å². The minimum absolute atomic E-state index is 0.281. The van der Waals surface area contributed by atoms with E-state index in [1.807, 2.05) is 12.1 Å². The second-order valence-corrected chi connectivity index (χ2v) is 5.66. The summed E-state index contributed by atoms with van der Waals surface area (Å²) in [5.41, 5.74) is 0.854. The Hall–Kier alpha value is -0.850. The SMILES string of the molecule is CCNC(CC)c1nnc(-c2ncccc2Br)s1. The molecule has 2 heterocycles. The molecule has 0 aliphatic carbocycles. The third-order valence-corrected chi connectivity index (χ3v) is 4.24. The molecule has 0 bridgehead atoms. The predicted octanol–water partition coefficient (Wildman–Crippen LogP) is 3.42. The highest BCUT2D eigenvalue weighted by molar-refractivity contribution is 9.10. The molecular weight excluding hydrogens is 312 g/mol. The quantitative estimate of drug-likeness (QED) is 0.914. The van der Waals surface area contributed by atoms with E-state index in [0.717, 1.165) is 33.1 Å². The molecule has 0 aliphatic heterocycles. The van der Waals surface area contributed by atoms with E-state index in [9.17, 15) is 0 Å². The Morgan fingerprint density at radius 1 is 1.39 bits per heavy atom. The molecular formula is C12H15BrN4S. The van der Waals surface area contributed by atoms with E-state index < -0.39 is 0 Å². The van der Waals surface area contributed by atoms with Gasteiger partial charge in [-0.15, -0.1) is 10.2 Å². The summed E-state index contributed by atoms with van der Waals surface area (Å²) in [4.78, 5) is 4.33. The zero-order chi connectivity index (χ0) is 13.0. The van der Waals surface area contributed by atoms with Gasteiger partial charge in [-0.05, 0) is 41.0 Å². The lowest BCUT2D eigenvalue weighted by Gasteiger charge is -2.10. The van der Waals surface area contributed by atoms with Crippen LogP contribution in [0.15, 0.2) is 22.8 Å². The summed E-state index contributed by atoms with van der Waals surface area (Å²) in [5.74, 6) is 0. The van der Waals surface area contributed by atoms with E-state index in [0.29, 0.717) is 0 Å². The standard InChI is InChI=1S/C12H15BrN4S/c1-3-9(14-4-2)11-16-17-12(18-11)10-8(13)6-5-7-15-10/h5-7,9,14H,3-4H2,1-2H3. The molecule has 1 unspecified atom stereocenters. The molecule has 2 rings (SSSR count). The Balaban J connectivity index is 2.28. The minimum Gasteiger partial charge on any atom is -0.308 e. The highest BCUT2D eigenvalue weighted by atomic mass is 79.9. The van der Waals surface area contributed by atoms with Crippen molar-refractivity contribution in [2.75, 3.05) is 6.54 Å². The maximum Gasteiger partial charge on any atom is 0.167 e. The molecule has 4 nitrogen and oxygen atoms in total. The van der Waals surface area contributed by atoms with Gasteiger partial charge < -0.3 is 5.32 Å². The maximum absolute atomic E-state index is 4.33. The summed E-state index contributed by atoms with van der Waals surface area (Å²) in [5, 5.41) is 13.8. The van der Waals surface area contributed by atoms with Crippen molar-refractivity contribution < 1.29 is 0 Å². The van der Waals surface area contributed by atoms with Gasteiger partial charge in [-0.25, -0.2) is 0 Å². The lowest BCUT2D eigenvalue weighted by Crippen LogP contribution is -2.19. The number of halogens is 1. The van der Waals surface area contributed by atoms with E-state index in [-0.39, 0.29) is 6.04 Å². The zero-order valence-corrected chi connectivity index (χ0v) is 12.8. The molecule has 1 atom stereocenters. The summed E-state index contributed by atoms with van der Waals surface area (Å²) in [6, 6.07) is 4.14. The van der Waals surface area contributed by atoms with Crippen molar-refractivity contribution in [1.82, 2.24) is 20.5 Å². The molecule has 0 aromatic carbocycles. The molecule has 0 aliphatic rings. The van der Waals surface area contributed by atoms with Crippen molar-refractivity contribution in [3.63, 3.8) is 0 Å². The van der Waals surface area contributed by atoms with E-state index in [4.69, 9.17) is 0 Å². The van der Waals surface area contributed by atoms with Crippen molar-refractivity contribution in [3.8, 4) is 10.7 Å². The average Bonchev–Trinajstić information content (AvgIpc) is 2.85. The topological polar surface area (TPSA) is 50.7 Å². The van der Waals surface area contributed by atoms with Crippen LogP contribution in [-0.2, 0) is 0 Å². The highest BCUT2D eigenvalue weighted by Crippen LogP contribution is 2.30. The van der Waals surface area contributed by atoms with Gasteiger partial charge in [0.1, 0.15) is 10.7 Å². The Morgan fingerprint density at radius 2 is 2.22 bits per heavy atom. The van der Waals surface area contributed by atoms with Crippen LogP contribution in [-0.4, -0.2) is 21.7 Å². The molecule has 0 amide bonds. The van der Waals surface area contributed by atoms with Crippen molar-refractivity contribution >= 4 is 27.3 Å².